The van der Waals surface area contributed by atoms with Crippen molar-refractivity contribution in [3.63, 3.8) is 0 Å². The molecule has 21 heavy (non-hydrogen) atoms. The van der Waals surface area contributed by atoms with Gasteiger partial charge in [-0.15, -0.1) is 0 Å². The maximum atomic E-state index is 12.5. The van der Waals surface area contributed by atoms with Gasteiger partial charge in [-0.1, -0.05) is 38.1 Å². The normalized spacial score (nSPS) is 15.6. The second-order valence-electron chi connectivity index (χ2n) is 5.69. The van der Waals surface area contributed by atoms with Gasteiger partial charge in [0.15, 0.2) is 0 Å². The van der Waals surface area contributed by atoms with Crippen molar-refractivity contribution in [1.29, 1.82) is 0 Å². The van der Waals surface area contributed by atoms with Crippen LogP contribution in [0.15, 0.2) is 24.3 Å². The average Bonchev–Trinajstić information content (AvgIpc) is 3.24. The quantitative estimate of drug-likeness (QED) is 0.713. The lowest BCUT2D eigenvalue weighted by Gasteiger charge is -2.20. The highest BCUT2D eigenvalue weighted by Crippen LogP contribution is 2.30. The van der Waals surface area contributed by atoms with E-state index < -0.39 is 10.0 Å². The molecule has 0 bridgehead atoms. The van der Waals surface area contributed by atoms with E-state index in [4.69, 9.17) is 0 Å². The van der Waals surface area contributed by atoms with Gasteiger partial charge in [-0.3, -0.25) is 0 Å². The van der Waals surface area contributed by atoms with Gasteiger partial charge < -0.3 is 5.32 Å². The summed E-state index contributed by atoms with van der Waals surface area (Å²) in [5.41, 5.74) is 2.02. The first-order chi connectivity index (χ1) is 10.1. The number of rotatable bonds is 9. The molecule has 2 rings (SSSR count). The molecular weight excluding hydrogens is 284 g/mol. The maximum Gasteiger partial charge on any atom is 0.218 e. The van der Waals surface area contributed by atoms with Gasteiger partial charge in [0.1, 0.15) is 0 Å². The fraction of sp³-hybridized carbons (Fsp3) is 0.625. The van der Waals surface area contributed by atoms with Crippen LogP contribution in [0, 0.1) is 0 Å². The second-order valence-corrected chi connectivity index (χ2v) is 7.61. The third-order valence-corrected chi connectivity index (χ3v) is 5.69. The number of benzene rings is 1. The third-order valence-electron chi connectivity index (χ3n) is 3.72. The van der Waals surface area contributed by atoms with Crippen molar-refractivity contribution in [3.05, 3.63) is 35.4 Å². The fourth-order valence-electron chi connectivity index (χ4n) is 2.58. The van der Waals surface area contributed by atoms with Crippen LogP contribution < -0.4 is 5.32 Å². The van der Waals surface area contributed by atoms with Crippen molar-refractivity contribution in [2.45, 2.75) is 51.4 Å². The molecule has 1 aromatic rings. The van der Waals surface area contributed by atoms with Gasteiger partial charge in [0.05, 0.1) is 5.75 Å². The van der Waals surface area contributed by atoms with Crippen LogP contribution in [0.4, 0.5) is 0 Å². The smallest absolute Gasteiger partial charge is 0.218 e. The van der Waals surface area contributed by atoms with Crippen molar-refractivity contribution < 1.29 is 8.42 Å². The van der Waals surface area contributed by atoms with Crippen LogP contribution in [0.5, 0.6) is 0 Å². The SMILES string of the molecule is CCCNCc1cccc(CS(=O)(=O)N(CC)C2CC2)c1. The van der Waals surface area contributed by atoms with Crippen LogP contribution in [0.25, 0.3) is 0 Å². The Bertz CT molecular complexity index is 553. The minimum Gasteiger partial charge on any atom is -0.313 e. The topological polar surface area (TPSA) is 49.4 Å². The van der Waals surface area contributed by atoms with Crippen molar-refractivity contribution in [1.82, 2.24) is 9.62 Å². The molecule has 1 fully saturated rings. The van der Waals surface area contributed by atoms with E-state index in [-0.39, 0.29) is 11.8 Å². The van der Waals surface area contributed by atoms with Gasteiger partial charge in [-0.2, -0.15) is 4.31 Å². The molecule has 118 valence electrons. The molecule has 1 aliphatic rings. The molecule has 0 saturated heterocycles. The van der Waals surface area contributed by atoms with E-state index in [1.54, 1.807) is 4.31 Å². The van der Waals surface area contributed by atoms with Crippen molar-refractivity contribution >= 4 is 10.0 Å². The highest BCUT2D eigenvalue weighted by Gasteiger charge is 2.35. The molecule has 0 unspecified atom stereocenters. The van der Waals surface area contributed by atoms with E-state index >= 15 is 0 Å². The lowest BCUT2D eigenvalue weighted by Crippen LogP contribution is -2.33. The lowest BCUT2D eigenvalue weighted by atomic mass is 10.1. The molecule has 0 aromatic heterocycles. The Kier molecular flexibility index (Phi) is 5.79. The lowest BCUT2D eigenvalue weighted by molar-refractivity contribution is 0.420. The highest BCUT2D eigenvalue weighted by molar-refractivity contribution is 7.88. The van der Waals surface area contributed by atoms with Crippen molar-refractivity contribution in [2.24, 2.45) is 0 Å². The van der Waals surface area contributed by atoms with E-state index in [2.05, 4.69) is 12.2 Å². The minimum absolute atomic E-state index is 0.110. The highest BCUT2D eigenvalue weighted by atomic mass is 32.2. The molecule has 0 atom stereocenters. The summed E-state index contributed by atoms with van der Waals surface area (Å²) in [6, 6.07) is 8.13. The summed E-state index contributed by atoms with van der Waals surface area (Å²) in [6.45, 7) is 6.40. The molecule has 1 aromatic carbocycles. The van der Waals surface area contributed by atoms with E-state index in [9.17, 15) is 8.42 Å². The monoisotopic (exact) mass is 310 g/mol. The Labute approximate surface area is 128 Å². The number of hydrogen-bond acceptors (Lipinski definition) is 3. The number of nitrogens with zero attached hydrogens (tertiary/aromatic N) is 1. The van der Waals surface area contributed by atoms with Crippen molar-refractivity contribution in [3.8, 4) is 0 Å². The van der Waals surface area contributed by atoms with Gasteiger partial charge >= 0.3 is 0 Å². The van der Waals surface area contributed by atoms with E-state index in [1.807, 2.05) is 31.2 Å². The molecule has 5 heteroatoms. The Morgan fingerprint density at radius 3 is 2.57 bits per heavy atom. The summed E-state index contributed by atoms with van der Waals surface area (Å²) in [4.78, 5) is 0. The van der Waals surface area contributed by atoms with Gasteiger partial charge in [0.2, 0.25) is 10.0 Å². The first kappa shape index (κ1) is 16.5. The number of nitrogens with one attached hydrogen (secondary N) is 1. The van der Waals surface area contributed by atoms with Gasteiger partial charge in [0, 0.05) is 19.1 Å². The maximum absolute atomic E-state index is 12.5. The Morgan fingerprint density at radius 2 is 1.95 bits per heavy atom. The summed E-state index contributed by atoms with van der Waals surface area (Å²) < 4.78 is 26.7. The van der Waals surface area contributed by atoms with E-state index in [1.165, 1.54) is 0 Å². The molecule has 0 aliphatic heterocycles. The molecule has 0 spiro atoms. The van der Waals surface area contributed by atoms with Crippen LogP contribution in [-0.4, -0.2) is 31.9 Å². The Balaban J connectivity index is 2.02. The molecule has 1 N–H and O–H groups in total. The van der Waals surface area contributed by atoms with Crippen LogP contribution in [0.2, 0.25) is 0 Å². The Morgan fingerprint density at radius 1 is 1.24 bits per heavy atom. The standard InChI is InChI=1S/C16H26N2O2S/c1-3-10-17-12-14-6-5-7-15(11-14)13-21(19,20)18(4-2)16-8-9-16/h5-7,11,16-17H,3-4,8-10,12-13H2,1-2H3. The van der Waals surface area contributed by atoms with Crippen LogP contribution in [0.3, 0.4) is 0 Å². The fourth-order valence-corrected chi connectivity index (χ4v) is 4.40. The molecule has 0 heterocycles. The molecule has 1 saturated carbocycles. The summed E-state index contributed by atoms with van der Waals surface area (Å²) in [5, 5.41) is 3.34. The van der Waals surface area contributed by atoms with Crippen molar-refractivity contribution in [2.75, 3.05) is 13.1 Å². The predicted molar refractivity (Wildman–Crippen MR) is 86.5 cm³/mol. The van der Waals surface area contributed by atoms with Crippen LogP contribution >= 0.6 is 0 Å². The average molecular weight is 310 g/mol. The van der Waals surface area contributed by atoms with Gasteiger partial charge in [0.25, 0.3) is 0 Å². The number of hydrogen-bond donors (Lipinski definition) is 1. The zero-order valence-electron chi connectivity index (χ0n) is 13.0. The van der Waals surface area contributed by atoms with Crippen LogP contribution in [-0.2, 0) is 22.3 Å². The summed E-state index contributed by atoms with van der Waals surface area (Å²) in [6.07, 6.45) is 3.11. The molecule has 4 nitrogen and oxygen atoms in total. The second kappa shape index (κ2) is 7.38. The van der Waals surface area contributed by atoms with E-state index in [0.29, 0.717) is 6.54 Å². The predicted octanol–water partition coefficient (Wildman–Crippen LogP) is 2.50. The van der Waals surface area contributed by atoms with E-state index in [0.717, 1.165) is 43.5 Å². The third kappa shape index (κ3) is 4.80. The van der Waals surface area contributed by atoms with Gasteiger partial charge in [-0.25, -0.2) is 8.42 Å². The zero-order chi connectivity index (χ0) is 15.3. The first-order valence-electron chi connectivity index (χ1n) is 7.85. The van der Waals surface area contributed by atoms with Crippen LogP contribution in [0.1, 0.15) is 44.2 Å². The first-order valence-corrected chi connectivity index (χ1v) is 9.45. The summed E-state index contributed by atoms with van der Waals surface area (Å²) >= 11 is 0. The molecular formula is C16H26N2O2S. The Hall–Kier alpha value is -0.910. The molecule has 0 radical (unpaired) electrons. The number of sulfonamides is 1. The zero-order valence-corrected chi connectivity index (χ0v) is 13.8. The molecule has 1 aliphatic carbocycles. The minimum atomic E-state index is -3.19. The largest absolute Gasteiger partial charge is 0.313 e. The summed E-state index contributed by atoms with van der Waals surface area (Å²) in [5.74, 6) is 0.110. The summed E-state index contributed by atoms with van der Waals surface area (Å²) in [7, 11) is -3.19. The molecule has 0 amide bonds. The van der Waals surface area contributed by atoms with Gasteiger partial charge in [-0.05, 0) is 36.9 Å².